The van der Waals surface area contributed by atoms with Crippen LogP contribution in [0.1, 0.15) is 16.7 Å². The van der Waals surface area contributed by atoms with Crippen molar-refractivity contribution < 1.29 is 8.42 Å². The quantitative estimate of drug-likeness (QED) is 0.868. The third-order valence-electron chi connectivity index (χ3n) is 3.59. The number of nitrogens with zero attached hydrogens (tertiary/aromatic N) is 1. The summed E-state index contributed by atoms with van der Waals surface area (Å²) in [6.07, 6.45) is 0. The first-order valence-electron chi connectivity index (χ1n) is 6.46. The lowest BCUT2D eigenvalue weighted by Gasteiger charge is -2.21. The van der Waals surface area contributed by atoms with Gasteiger partial charge in [-0.3, -0.25) is 4.31 Å². The zero-order valence-corrected chi connectivity index (χ0v) is 13.0. The van der Waals surface area contributed by atoms with Crippen LogP contribution in [0.4, 0.5) is 5.69 Å². The third-order valence-corrected chi connectivity index (χ3v) is 5.36. The molecule has 0 aromatic heterocycles. The fourth-order valence-corrected chi connectivity index (χ4v) is 3.42. The molecule has 3 nitrogen and oxygen atoms in total. The Bertz CT molecular complexity index is 736. The molecule has 20 heavy (non-hydrogen) atoms. The van der Waals surface area contributed by atoms with E-state index in [1.165, 1.54) is 4.31 Å². The molecule has 0 bridgehead atoms. The molecule has 0 radical (unpaired) electrons. The first-order valence-corrected chi connectivity index (χ1v) is 7.90. The Morgan fingerprint density at radius 2 is 1.50 bits per heavy atom. The topological polar surface area (TPSA) is 37.4 Å². The van der Waals surface area contributed by atoms with Gasteiger partial charge in [0.2, 0.25) is 0 Å². The number of hydrogen-bond acceptors (Lipinski definition) is 2. The van der Waals surface area contributed by atoms with Gasteiger partial charge in [0.05, 0.1) is 10.6 Å². The van der Waals surface area contributed by atoms with Gasteiger partial charge in [-0.25, -0.2) is 8.42 Å². The summed E-state index contributed by atoms with van der Waals surface area (Å²) in [6, 6.07) is 12.7. The minimum absolute atomic E-state index is 0.325. The van der Waals surface area contributed by atoms with E-state index in [1.807, 2.05) is 51.1 Å². The van der Waals surface area contributed by atoms with E-state index in [-0.39, 0.29) is 0 Å². The average Bonchev–Trinajstić information content (AvgIpc) is 2.41. The lowest BCUT2D eigenvalue weighted by Crippen LogP contribution is -2.27. The van der Waals surface area contributed by atoms with Crippen molar-refractivity contribution in [3.05, 3.63) is 59.2 Å². The maximum atomic E-state index is 12.7. The number of anilines is 1. The van der Waals surface area contributed by atoms with Crippen LogP contribution in [-0.2, 0) is 10.0 Å². The summed E-state index contributed by atoms with van der Waals surface area (Å²) in [7, 11) is -1.93. The predicted molar refractivity (Wildman–Crippen MR) is 82.7 cm³/mol. The zero-order valence-electron chi connectivity index (χ0n) is 12.2. The fourth-order valence-electron chi connectivity index (χ4n) is 2.08. The highest BCUT2D eigenvalue weighted by Gasteiger charge is 2.22. The van der Waals surface area contributed by atoms with Gasteiger partial charge < -0.3 is 0 Å². The number of aryl methyl sites for hydroxylation is 3. The number of hydrogen-bond donors (Lipinski definition) is 0. The van der Waals surface area contributed by atoms with Gasteiger partial charge in [0.1, 0.15) is 0 Å². The molecule has 4 heteroatoms. The molecule has 2 aromatic carbocycles. The summed E-state index contributed by atoms with van der Waals surface area (Å²) in [4.78, 5) is 0.325. The summed E-state index contributed by atoms with van der Waals surface area (Å²) < 4.78 is 26.7. The molecule has 0 amide bonds. The molecule has 0 N–H and O–H groups in total. The Morgan fingerprint density at radius 1 is 0.850 bits per heavy atom. The van der Waals surface area contributed by atoms with E-state index in [4.69, 9.17) is 0 Å². The predicted octanol–water partition coefficient (Wildman–Crippen LogP) is 3.44. The SMILES string of the molecule is Cc1ccc(S(=O)(=O)N(C)c2ccccc2C)cc1C. The van der Waals surface area contributed by atoms with E-state index in [1.54, 1.807) is 19.2 Å². The van der Waals surface area contributed by atoms with Crippen LogP contribution in [0.15, 0.2) is 47.4 Å². The lowest BCUT2D eigenvalue weighted by molar-refractivity contribution is 0.594. The highest BCUT2D eigenvalue weighted by atomic mass is 32.2. The van der Waals surface area contributed by atoms with Gasteiger partial charge in [-0.1, -0.05) is 24.3 Å². The lowest BCUT2D eigenvalue weighted by atomic mass is 10.1. The molecular formula is C16H19NO2S. The summed E-state index contributed by atoms with van der Waals surface area (Å²) in [5.74, 6) is 0. The molecule has 0 atom stereocenters. The van der Waals surface area contributed by atoms with Crippen molar-refractivity contribution in [3.8, 4) is 0 Å². The van der Waals surface area contributed by atoms with Gasteiger partial charge >= 0.3 is 0 Å². The minimum atomic E-state index is -3.52. The Morgan fingerprint density at radius 3 is 2.10 bits per heavy atom. The molecule has 0 fully saturated rings. The molecule has 0 aliphatic heterocycles. The first-order chi connectivity index (χ1) is 9.34. The number of rotatable bonds is 3. The van der Waals surface area contributed by atoms with E-state index in [2.05, 4.69) is 0 Å². The number of para-hydroxylation sites is 1. The van der Waals surface area contributed by atoms with E-state index in [9.17, 15) is 8.42 Å². The van der Waals surface area contributed by atoms with Crippen molar-refractivity contribution >= 4 is 15.7 Å². The smallest absolute Gasteiger partial charge is 0.264 e. The monoisotopic (exact) mass is 289 g/mol. The van der Waals surface area contributed by atoms with E-state index in [0.717, 1.165) is 16.7 Å². The molecule has 0 spiro atoms. The molecule has 0 aliphatic carbocycles. The highest BCUT2D eigenvalue weighted by molar-refractivity contribution is 7.92. The molecule has 2 rings (SSSR count). The van der Waals surface area contributed by atoms with Gasteiger partial charge in [-0.2, -0.15) is 0 Å². The number of sulfonamides is 1. The first kappa shape index (κ1) is 14.6. The largest absolute Gasteiger partial charge is 0.269 e. The summed E-state index contributed by atoms with van der Waals surface area (Å²) in [5, 5.41) is 0. The molecule has 0 saturated heterocycles. The average molecular weight is 289 g/mol. The zero-order chi connectivity index (χ0) is 14.9. The Kier molecular flexibility index (Phi) is 3.86. The molecule has 106 valence electrons. The van der Waals surface area contributed by atoms with Crippen molar-refractivity contribution in [1.82, 2.24) is 0 Å². The Hall–Kier alpha value is -1.81. The summed E-state index contributed by atoms with van der Waals surface area (Å²) in [5.41, 5.74) is 3.69. The third kappa shape index (κ3) is 2.56. The Labute approximate surface area is 120 Å². The van der Waals surface area contributed by atoms with Crippen LogP contribution in [0.25, 0.3) is 0 Å². The van der Waals surface area contributed by atoms with Crippen molar-refractivity contribution in [1.29, 1.82) is 0 Å². The minimum Gasteiger partial charge on any atom is -0.269 e. The second-order valence-corrected chi connectivity index (χ2v) is 6.97. The van der Waals surface area contributed by atoms with Gasteiger partial charge in [0.15, 0.2) is 0 Å². The molecule has 0 aliphatic rings. The standard InChI is InChI=1S/C16H19NO2S/c1-12-9-10-15(11-14(12)3)20(18,19)17(4)16-8-6-5-7-13(16)2/h5-11H,1-4H3. The normalized spacial score (nSPS) is 11.4. The van der Waals surface area contributed by atoms with Crippen LogP contribution < -0.4 is 4.31 Å². The van der Waals surface area contributed by atoms with Crippen LogP contribution in [0.3, 0.4) is 0 Å². The second-order valence-electron chi connectivity index (χ2n) is 5.01. The van der Waals surface area contributed by atoms with Gasteiger partial charge in [0, 0.05) is 7.05 Å². The fraction of sp³-hybridized carbons (Fsp3) is 0.250. The van der Waals surface area contributed by atoms with Gasteiger partial charge in [0.25, 0.3) is 10.0 Å². The van der Waals surface area contributed by atoms with E-state index >= 15 is 0 Å². The van der Waals surface area contributed by atoms with Gasteiger partial charge in [-0.15, -0.1) is 0 Å². The maximum Gasteiger partial charge on any atom is 0.264 e. The molecule has 0 heterocycles. The van der Waals surface area contributed by atoms with Crippen molar-refractivity contribution in [2.75, 3.05) is 11.4 Å². The molecule has 0 saturated carbocycles. The van der Waals surface area contributed by atoms with Crippen LogP contribution in [0.2, 0.25) is 0 Å². The maximum absolute atomic E-state index is 12.7. The van der Waals surface area contributed by atoms with Crippen molar-refractivity contribution in [2.24, 2.45) is 0 Å². The van der Waals surface area contributed by atoms with E-state index in [0.29, 0.717) is 10.6 Å². The molecule has 2 aromatic rings. The van der Waals surface area contributed by atoms with Crippen molar-refractivity contribution in [3.63, 3.8) is 0 Å². The molecule has 0 unspecified atom stereocenters. The summed E-state index contributed by atoms with van der Waals surface area (Å²) in [6.45, 7) is 5.79. The van der Waals surface area contributed by atoms with Crippen molar-refractivity contribution in [2.45, 2.75) is 25.7 Å². The van der Waals surface area contributed by atoms with Crippen LogP contribution in [0.5, 0.6) is 0 Å². The number of benzene rings is 2. The second kappa shape index (κ2) is 5.29. The van der Waals surface area contributed by atoms with Crippen LogP contribution in [0, 0.1) is 20.8 Å². The van der Waals surface area contributed by atoms with Gasteiger partial charge in [-0.05, 0) is 55.7 Å². The highest BCUT2D eigenvalue weighted by Crippen LogP contribution is 2.25. The summed E-state index contributed by atoms with van der Waals surface area (Å²) >= 11 is 0. The van der Waals surface area contributed by atoms with E-state index < -0.39 is 10.0 Å². The Balaban J connectivity index is 2.50. The molecular weight excluding hydrogens is 270 g/mol. The van der Waals surface area contributed by atoms with Crippen LogP contribution >= 0.6 is 0 Å². The van der Waals surface area contributed by atoms with Crippen LogP contribution in [-0.4, -0.2) is 15.5 Å².